The molecule has 0 spiro atoms. The summed E-state index contributed by atoms with van der Waals surface area (Å²) in [5.41, 5.74) is 0.902. The van der Waals surface area contributed by atoms with Crippen molar-refractivity contribution in [1.82, 2.24) is 10.6 Å². The molecular formula is C16H25N3O3S. The summed E-state index contributed by atoms with van der Waals surface area (Å²) in [6.45, 7) is 5.74. The van der Waals surface area contributed by atoms with Crippen LogP contribution in [0.1, 0.15) is 40.7 Å². The number of hydrogen-bond acceptors (Lipinski definition) is 4. The van der Waals surface area contributed by atoms with Gasteiger partial charge in [0.1, 0.15) is 0 Å². The van der Waals surface area contributed by atoms with Crippen molar-refractivity contribution in [1.29, 1.82) is 0 Å². The van der Waals surface area contributed by atoms with E-state index in [2.05, 4.69) is 16.0 Å². The highest BCUT2D eigenvalue weighted by atomic mass is 32.1. The first-order valence-electron chi connectivity index (χ1n) is 7.92. The summed E-state index contributed by atoms with van der Waals surface area (Å²) in [4.78, 5) is 25.4. The predicted octanol–water partition coefficient (Wildman–Crippen LogP) is 2.74. The van der Waals surface area contributed by atoms with E-state index in [1.165, 1.54) is 11.3 Å². The molecule has 1 saturated carbocycles. The molecule has 3 amide bonds. The summed E-state index contributed by atoms with van der Waals surface area (Å²) in [6, 6.07) is 1.50. The molecule has 23 heavy (non-hydrogen) atoms. The molecule has 0 aromatic carbocycles. The Labute approximate surface area is 141 Å². The number of amides is 3. The van der Waals surface area contributed by atoms with Crippen LogP contribution < -0.4 is 16.0 Å². The van der Waals surface area contributed by atoms with Crippen LogP contribution >= 0.6 is 11.3 Å². The molecular weight excluding hydrogens is 314 g/mol. The van der Waals surface area contributed by atoms with E-state index < -0.39 is 0 Å². The first-order valence-corrected chi connectivity index (χ1v) is 8.74. The van der Waals surface area contributed by atoms with Gasteiger partial charge < -0.3 is 20.7 Å². The van der Waals surface area contributed by atoms with Gasteiger partial charge in [-0.05, 0) is 44.6 Å². The van der Waals surface area contributed by atoms with E-state index in [1.54, 1.807) is 13.2 Å². The van der Waals surface area contributed by atoms with Crippen molar-refractivity contribution in [3.05, 3.63) is 15.8 Å². The van der Waals surface area contributed by atoms with Crippen LogP contribution in [0.5, 0.6) is 0 Å². The van der Waals surface area contributed by atoms with E-state index in [9.17, 15) is 9.59 Å². The number of rotatable bonds is 8. The Kier molecular flexibility index (Phi) is 6.01. The number of ether oxygens (including phenoxy) is 1. The van der Waals surface area contributed by atoms with Crippen molar-refractivity contribution in [2.45, 2.75) is 33.1 Å². The summed E-state index contributed by atoms with van der Waals surface area (Å²) in [5.74, 6) is -0.106. The second kappa shape index (κ2) is 7.79. The maximum absolute atomic E-state index is 12.1. The predicted molar refractivity (Wildman–Crippen MR) is 92.2 cm³/mol. The summed E-state index contributed by atoms with van der Waals surface area (Å²) in [5, 5.41) is 8.53. The van der Waals surface area contributed by atoms with Crippen LogP contribution in [0.4, 0.5) is 10.5 Å². The van der Waals surface area contributed by atoms with Crippen molar-refractivity contribution < 1.29 is 14.3 Å². The van der Waals surface area contributed by atoms with Crippen molar-refractivity contribution in [2.24, 2.45) is 5.41 Å². The Morgan fingerprint density at radius 2 is 2.09 bits per heavy atom. The summed E-state index contributed by atoms with van der Waals surface area (Å²) >= 11 is 1.38. The van der Waals surface area contributed by atoms with Crippen LogP contribution in [0, 0.1) is 12.3 Å². The van der Waals surface area contributed by atoms with Crippen molar-refractivity contribution in [3.63, 3.8) is 0 Å². The zero-order valence-electron chi connectivity index (χ0n) is 14.0. The van der Waals surface area contributed by atoms with Crippen LogP contribution in [0.3, 0.4) is 0 Å². The summed E-state index contributed by atoms with van der Waals surface area (Å²) in [7, 11) is 1.70. The van der Waals surface area contributed by atoms with Gasteiger partial charge >= 0.3 is 6.03 Å². The first kappa shape index (κ1) is 17.7. The van der Waals surface area contributed by atoms with Gasteiger partial charge in [-0.3, -0.25) is 4.79 Å². The lowest BCUT2D eigenvalue weighted by molar-refractivity contribution is 0.0960. The molecule has 0 atom stereocenters. The molecule has 1 aliphatic carbocycles. The number of urea groups is 1. The van der Waals surface area contributed by atoms with E-state index in [0.29, 0.717) is 23.7 Å². The quantitative estimate of drug-likeness (QED) is 0.681. The number of thiophene rings is 1. The zero-order valence-corrected chi connectivity index (χ0v) is 14.8. The molecule has 6 nitrogen and oxygen atoms in total. The van der Waals surface area contributed by atoms with Gasteiger partial charge in [0, 0.05) is 31.7 Å². The minimum absolute atomic E-state index is 0.106. The normalized spacial score (nSPS) is 15.1. The molecule has 0 unspecified atom stereocenters. The van der Waals surface area contributed by atoms with Gasteiger partial charge in [-0.2, -0.15) is 0 Å². The van der Waals surface area contributed by atoms with Gasteiger partial charge in [-0.15, -0.1) is 11.3 Å². The van der Waals surface area contributed by atoms with Crippen LogP contribution in [0.2, 0.25) is 0 Å². The molecule has 1 aromatic heterocycles. The highest BCUT2D eigenvalue weighted by Gasteiger charge is 2.42. The lowest BCUT2D eigenvalue weighted by Crippen LogP contribution is -2.34. The summed E-state index contributed by atoms with van der Waals surface area (Å²) < 4.78 is 5.12. The van der Waals surface area contributed by atoms with E-state index in [4.69, 9.17) is 4.74 Å². The monoisotopic (exact) mass is 339 g/mol. The smallest absolute Gasteiger partial charge is 0.319 e. The third-order valence-electron chi connectivity index (χ3n) is 4.14. The van der Waals surface area contributed by atoms with E-state index >= 15 is 0 Å². The van der Waals surface area contributed by atoms with E-state index in [0.717, 1.165) is 30.7 Å². The van der Waals surface area contributed by atoms with E-state index in [1.807, 2.05) is 13.8 Å². The molecule has 128 valence electrons. The second-order valence-electron chi connectivity index (χ2n) is 5.99. The first-order chi connectivity index (χ1) is 11.0. The van der Waals surface area contributed by atoms with Crippen LogP contribution in [0.25, 0.3) is 0 Å². The Morgan fingerprint density at radius 3 is 2.70 bits per heavy atom. The number of carbonyl (C=O) groups excluding carboxylic acids is 2. The average molecular weight is 339 g/mol. The van der Waals surface area contributed by atoms with Gasteiger partial charge in [0.2, 0.25) is 0 Å². The third kappa shape index (κ3) is 4.94. The molecule has 1 heterocycles. The van der Waals surface area contributed by atoms with E-state index in [-0.39, 0.29) is 17.4 Å². The highest BCUT2D eigenvalue weighted by molar-refractivity contribution is 7.14. The number of hydrogen-bond donors (Lipinski definition) is 3. The SMILES string of the molecule is CCNC(=O)c1cc(NC(=O)NCC2(CCOC)CC2)c(C)s1. The Balaban J connectivity index is 1.84. The lowest BCUT2D eigenvalue weighted by atomic mass is 10.0. The van der Waals surface area contributed by atoms with Crippen molar-refractivity contribution >= 4 is 29.0 Å². The molecule has 1 fully saturated rings. The molecule has 1 aromatic rings. The fraction of sp³-hybridized carbons (Fsp3) is 0.625. The second-order valence-corrected chi connectivity index (χ2v) is 7.25. The molecule has 3 N–H and O–H groups in total. The molecule has 0 saturated heterocycles. The molecule has 1 aliphatic rings. The van der Waals surface area contributed by atoms with Gasteiger partial charge in [0.25, 0.3) is 5.91 Å². The van der Waals surface area contributed by atoms with Crippen molar-refractivity contribution in [3.8, 4) is 0 Å². The van der Waals surface area contributed by atoms with Gasteiger partial charge in [-0.1, -0.05) is 0 Å². The highest BCUT2D eigenvalue weighted by Crippen LogP contribution is 2.48. The third-order valence-corrected chi connectivity index (χ3v) is 5.19. The largest absolute Gasteiger partial charge is 0.385 e. The topological polar surface area (TPSA) is 79.5 Å². The number of carbonyl (C=O) groups is 2. The summed E-state index contributed by atoms with van der Waals surface area (Å²) in [6.07, 6.45) is 3.24. The molecule has 2 rings (SSSR count). The fourth-order valence-electron chi connectivity index (χ4n) is 2.41. The maximum atomic E-state index is 12.1. The van der Waals surface area contributed by atoms with Gasteiger partial charge in [0.15, 0.2) is 0 Å². The Hall–Kier alpha value is -1.60. The Bertz CT molecular complexity index is 567. The Morgan fingerprint density at radius 1 is 1.35 bits per heavy atom. The lowest BCUT2D eigenvalue weighted by Gasteiger charge is -2.15. The maximum Gasteiger partial charge on any atom is 0.319 e. The van der Waals surface area contributed by atoms with Crippen molar-refractivity contribution in [2.75, 3.05) is 32.1 Å². The number of anilines is 1. The standard InChI is InChI=1S/C16H25N3O3S/c1-4-17-14(20)13-9-12(11(2)23-13)19-15(21)18-10-16(5-6-16)7-8-22-3/h9H,4-8,10H2,1-3H3,(H,17,20)(H2,18,19,21). The zero-order chi connectivity index (χ0) is 16.9. The minimum Gasteiger partial charge on any atom is -0.385 e. The number of methoxy groups -OCH3 is 1. The number of aryl methyl sites for hydroxylation is 1. The van der Waals surface area contributed by atoms with Gasteiger partial charge in [0.05, 0.1) is 10.6 Å². The number of nitrogens with one attached hydrogen (secondary N) is 3. The molecule has 0 radical (unpaired) electrons. The average Bonchev–Trinajstić information content (AvgIpc) is 3.21. The van der Waals surface area contributed by atoms with Crippen LogP contribution in [-0.4, -0.2) is 38.7 Å². The minimum atomic E-state index is -0.225. The van der Waals surface area contributed by atoms with Crippen LogP contribution in [0.15, 0.2) is 6.07 Å². The molecule has 0 bridgehead atoms. The molecule has 0 aliphatic heterocycles. The van der Waals surface area contributed by atoms with Gasteiger partial charge in [-0.25, -0.2) is 4.79 Å². The fourth-order valence-corrected chi connectivity index (χ4v) is 3.30. The van der Waals surface area contributed by atoms with Crippen LogP contribution in [-0.2, 0) is 4.74 Å². The molecule has 7 heteroatoms.